The van der Waals surface area contributed by atoms with Crippen LogP contribution in [0.4, 0.5) is 0 Å². The third kappa shape index (κ3) is 93.2. The number of nitrogens with zero attached hydrogens (tertiary/aromatic N) is 4. The van der Waals surface area contributed by atoms with Gasteiger partial charge in [-0.2, -0.15) is 10.5 Å². The van der Waals surface area contributed by atoms with Crippen LogP contribution in [0.15, 0.2) is 9.98 Å². The molecular formula is C84H156N4O12. The third-order valence-electron chi connectivity index (χ3n) is 19.3. The topological polar surface area (TPSA) is 252 Å². The molecule has 0 aromatic rings. The van der Waals surface area contributed by atoms with E-state index in [-0.39, 0.29) is 24.3 Å². The van der Waals surface area contributed by atoms with Crippen molar-refractivity contribution in [3.8, 4) is 12.5 Å². The highest BCUT2D eigenvalue weighted by Crippen LogP contribution is 2.23. The Morgan fingerprint density at radius 1 is 0.350 bits per heavy atom. The second-order valence-electron chi connectivity index (χ2n) is 28.5. The molecule has 584 valence electrons. The van der Waals surface area contributed by atoms with Crippen LogP contribution in [-0.2, 0) is 47.7 Å². The minimum Gasteiger partial charge on any atom is -0.481 e. The number of carboxylic acids is 2. The monoisotopic (exact) mass is 1410 g/mol. The molecule has 0 amide bonds. The molecule has 0 aromatic carbocycles. The summed E-state index contributed by atoms with van der Waals surface area (Å²) in [5.41, 5.74) is 0. The maximum Gasteiger partial charge on any atom is 0.306 e. The summed E-state index contributed by atoms with van der Waals surface area (Å²) in [6.07, 6.45) is 83.9. The molecule has 0 heterocycles. The summed E-state index contributed by atoms with van der Waals surface area (Å²) in [4.78, 5) is 70.6. The van der Waals surface area contributed by atoms with Crippen LogP contribution in [0.25, 0.3) is 0 Å². The third-order valence-corrected chi connectivity index (χ3v) is 19.3. The van der Waals surface area contributed by atoms with Gasteiger partial charge in [0.2, 0.25) is 12.2 Å². The molecule has 0 aliphatic rings. The molecule has 0 aromatic heterocycles. The number of carboxylic acid groups (broad SMARTS) is 2. The summed E-state index contributed by atoms with van der Waals surface area (Å²) < 4.78 is 18.7. The standard InChI is InChI=1S/2C21H38N2O2.2C21H40O4/c1-2-3-4-5-6-7-8-9-10-11-12-13-14-16-21(23-20-24)17-15-18-25-19-22;1-2-3-4-5-6-7-8-9-10-11-12-13-14-15-21(18-23-20-24)16-17-25-19-22;1-2-3-4-5-6-7-8-9-10-11-12-13-14-16-20(21(23)24)17-15-18-25-19-22;1-2-3-4-5-6-7-8-9-10-11-12-13-14-15-20(18-21(23)24)16-17-25-19-22/h2*21H,2-18H2,1H3;2*19-20H,2-18H2,1H3,(H,23,24). The first-order valence-electron chi connectivity index (χ1n) is 41.8. The minimum absolute atomic E-state index is 0.0486. The zero-order chi connectivity index (χ0) is 74.0. The highest BCUT2D eigenvalue weighted by molar-refractivity contribution is 5.69. The van der Waals surface area contributed by atoms with E-state index in [9.17, 15) is 33.9 Å². The Balaban J connectivity index is -0.000000614. The minimum atomic E-state index is -0.759. The maximum absolute atomic E-state index is 11.2. The average molecular weight is 1410 g/mol. The van der Waals surface area contributed by atoms with E-state index >= 15 is 0 Å². The van der Waals surface area contributed by atoms with Crippen LogP contribution < -0.4 is 0 Å². The summed E-state index contributed by atoms with van der Waals surface area (Å²) in [6.45, 7) is 11.9. The molecule has 0 fully saturated rings. The van der Waals surface area contributed by atoms with Crippen molar-refractivity contribution in [2.45, 2.75) is 438 Å². The first kappa shape index (κ1) is 102. The van der Waals surface area contributed by atoms with Crippen LogP contribution in [-0.4, -0.2) is 86.3 Å². The van der Waals surface area contributed by atoms with Crippen molar-refractivity contribution >= 4 is 37.0 Å². The van der Waals surface area contributed by atoms with Gasteiger partial charge in [-0.25, -0.2) is 19.6 Å². The lowest BCUT2D eigenvalue weighted by Gasteiger charge is -2.13. The van der Waals surface area contributed by atoms with Gasteiger partial charge in [0.1, 0.15) is 13.2 Å². The van der Waals surface area contributed by atoms with E-state index in [4.69, 9.17) is 25.1 Å². The maximum atomic E-state index is 11.2. The first-order valence-corrected chi connectivity index (χ1v) is 41.8. The van der Waals surface area contributed by atoms with Crippen molar-refractivity contribution < 1.29 is 57.9 Å². The van der Waals surface area contributed by atoms with E-state index in [0.29, 0.717) is 71.1 Å². The van der Waals surface area contributed by atoms with Gasteiger partial charge in [0.15, 0.2) is 0 Å². The highest BCUT2D eigenvalue weighted by atomic mass is 16.5. The fourth-order valence-corrected chi connectivity index (χ4v) is 13.0. The Morgan fingerprint density at radius 3 is 0.970 bits per heavy atom. The van der Waals surface area contributed by atoms with Gasteiger partial charge in [0, 0.05) is 6.42 Å². The van der Waals surface area contributed by atoms with Gasteiger partial charge in [0.05, 0.1) is 31.7 Å². The summed E-state index contributed by atoms with van der Waals surface area (Å²) in [5.74, 6) is -1.30. The van der Waals surface area contributed by atoms with E-state index in [1.165, 1.54) is 308 Å². The van der Waals surface area contributed by atoms with Gasteiger partial charge in [0.25, 0.3) is 25.5 Å². The smallest absolute Gasteiger partial charge is 0.306 e. The fraction of sp³-hybridized carbons (Fsp3) is 0.905. The van der Waals surface area contributed by atoms with Crippen molar-refractivity contribution in [2.75, 3.05) is 33.0 Å². The number of hydrogen-bond acceptors (Lipinski definition) is 14. The largest absolute Gasteiger partial charge is 0.481 e. The Morgan fingerprint density at radius 2 is 0.640 bits per heavy atom. The van der Waals surface area contributed by atoms with Crippen LogP contribution in [0.2, 0.25) is 0 Å². The van der Waals surface area contributed by atoms with E-state index in [1.54, 1.807) is 24.7 Å². The predicted molar refractivity (Wildman–Crippen MR) is 411 cm³/mol. The van der Waals surface area contributed by atoms with Crippen LogP contribution in [0.5, 0.6) is 0 Å². The molecule has 0 aliphatic heterocycles. The van der Waals surface area contributed by atoms with Crippen molar-refractivity contribution in [3.05, 3.63) is 0 Å². The number of unbranched alkanes of at least 4 members (excludes halogenated alkanes) is 48. The van der Waals surface area contributed by atoms with E-state index < -0.39 is 11.9 Å². The molecule has 4 atom stereocenters. The molecule has 0 radical (unpaired) electrons. The van der Waals surface area contributed by atoms with Crippen LogP contribution in [0, 0.1) is 40.8 Å². The van der Waals surface area contributed by atoms with Gasteiger partial charge in [-0.3, -0.25) is 19.2 Å². The molecule has 4 unspecified atom stereocenters. The molecule has 0 rings (SSSR count). The quantitative estimate of drug-likeness (QED) is 0.0189. The Kier molecular flexibility index (Phi) is 95.7. The van der Waals surface area contributed by atoms with Gasteiger partial charge >= 0.3 is 11.9 Å². The predicted octanol–water partition coefficient (Wildman–Crippen LogP) is 25.0. The second kappa shape index (κ2) is 94.2. The molecule has 16 heteroatoms. The normalized spacial score (nSPS) is 11.8. The van der Waals surface area contributed by atoms with Crippen molar-refractivity contribution in [1.29, 1.82) is 10.5 Å². The molecule has 100 heavy (non-hydrogen) atoms. The number of rotatable bonds is 78. The van der Waals surface area contributed by atoms with Crippen LogP contribution >= 0.6 is 0 Å². The van der Waals surface area contributed by atoms with Crippen molar-refractivity contribution in [3.63, 3.8) is 0 Å². The van der Waals surface area contributed by atoms with Gasteiger partial charge in [-0.05, 0) is 76.0 Å². The zero-order valence-electron chi connectivity index (χ0n) is 65.3. The van der Waals surface area contributed by atoms with Gasteiger partial charge in [-0.15, -0.1) is 0 Å². The number of ether oxygens (including phenoxy) is 4. The summed E-state index contributed by atoms with van der Waals surface area (Å²) in [6, 6.07) is 0.0486. The summed E-state index contributed by atoms with van der Waals surface area (Å²) >= 11 is 0. The zero-order valence-corrected chi connectivity index (χ0v) is 65.3. The molecule has 0 aliphatic carbocycles. The molecule has 16 nitrogen and oxygen atoms in total. The molecule has 0 saturated heterocycles. The highest BCUT2D eigenvalue weighted by Gasteiger charge is 2.17. The molecule has 0 spiro atoms. The lowest BCUT2D eigenvalue weighted by atomic mass is 9.94. The van der Waals surface area contributed by atoms with Crippen LogP contribution in [0.3, 0.4) is 0 Å². The average Bonchev–Trinajstić information content (AvgIpc) is 1.86. The molecular weight excluding hydrogens is 1260 g/mol. The van der Waals surface area contributed by atoms with Gasteiger partial charge < -0.3 is 29.2 Å². The van der Waals surface area contributed by atoms with Gasteiger partial charge in [-0.1, -0.05) is 362 Å². The first-order chi connectivity index (χ1) is 49.1. The molecule has 0 bridgehead atoms. The number of aliphatic carboxylic acids is 2. The lowest BCUT2D eigenvalue weighted by Crippen LogP contribution is -2.14. The molecule has 2 N–H and O–H groups in total. The number of carbonyl (C=O) groups is 4. The number of aliphatic imine (C=N–C) groups is 2. The number of hydrogen-bond donors (Lipinski definition) is 2. The van der Waals surface area contributed by atoms with E-state index in [1.807, 2.05) is 0 Å². The molecule has 0 saturated carbocycles. The van der Waals surface area contributed by atoms with Crippen molar-refractivity contribution in [2.24, 2.45) is 27.7 Å². The Hall–Kier alpha value is -4.78. The van der Waals surface area contributed by atoms with E-state index in [2.05, 4.69) is 47.2 Å². The lowest BCUT2D eigenvalue weighted by molar-refractivity contribution is -0.142. The summed E-state index contributed by atoms with van der Waals surface area (Å²) in [5, 5.41) is 34.9. The van der Waals surface area contributed by atoms with Crippen LogP contribution in [0.1, 0.15) is 432 Å². The fourth-order valence-electron chi connectivity index (χ4n) is 13.0. The number of carbonyl (C=O) groups excluding carboxylic acids is 4. The second-order valence-corrected chi connectivity index (χ2v) is 28.5. The SMILES string of the molecule is CCCCCCCCCCCCCCCC(CCCOC#N)N=C=O.CCCCCCCCCCCCCCCC(CCCOC=O)C(=O)O.CCCCCCCCCCCCCCCC(CCOC#N)CN=C=O.CCCCCCCCCCCCCCCC(CCOC=O)CC(=O)O. The Bertz CT molecular complexity index is 1850. The Labute approximate surface area is 614 Å². The number of isocyanates is 2. The van der Waals surface area contributed by atoms with Crippen molar-refractivity contribution in [1.82, 2.24) is 0 Å². The summed E-state index contributed by atoms with van der Waals surface area (Å²) in [7, 11) is 0. The van der Waals surface area contributed by atoms with E-state index in [0.717, 1.165) is 70.6 Å². The number of nitriles is 2.